The summed E-state index contributed by atoms with van der Waals surface area (Å²) in [4.78, 5) is 4.43. The molecular weight excluding hydrogens is 310 g/mol. The number of hydrogen-bond donors (Lipinski definition) is 2. The lowest BCUT2D eigenvalue weighted by atomic mass is 9.79. The van der Waals surface area contributed by atoms with Gasteiger partial charge < -0.3 is 10.2 Å². The molecule has 25 heavy (non-hydrogen) atoms. The maximum atomic E-state index is 10.7. The third-order valence-electron chi connectivity index (χ3n) is 4.30. The van der Waals surface area contributed by atoms with Crippen molar-refractivity contribution in [3.8, 4) is 11.5 Å². The number of rotatable bonds is 3. The smallest absolute Gasteiger partial charge is 0.128 e. The van der Waals surface area contributed by atoms with Crippen LogP contribution in [-0.4, -0.2) is 16.4 Å². The standard InChI is InChI=1S/C22H29NO2/c1-21(2,3)17-11-16(20(25)18(12-17)22(4,5)6)14-23-13-15-9-7-8-10-19(15)24/h7-12,14,24-25H,13H2,1-6H3. The predicted molar refractivity (Wildman–Crippen MR) is 105 cm³/mol. The molecule has 0 aliphatic rings. The van der Waals surface area contributed by atoms with Crippen molar-refractivity contribution < 1.29 is 10.2 Å². The molecule has 0 saturated heterocycles. The van der Waals surface area contributed by atoms with E-state index in [1.165, 1.54) is 5.56 Å². The Balaban J connectivity index is 2.42. The third kappa shape index (κ3) is 4.62. The van der Waals surface area contributed by atoms with Crippen molar-refractivity contribution in [2.24, 2.45) is 4.99 Å². The van der Waals surface area contributed by atoms with E-state index in [2.05, 4.69) is 52.6 Å². The fourth-order valence-electron chi connectivity index (χ4n) is 2.65. The molecule has 2 rings (SSSR count). The zero-order valence-electron chi connectivity index (χ0n) is 16.1. The molecule has 2 aromatic carbocycles. The Morgan fingerprint density at radius 1 is 0.920 bits per heavy atom. The second kappa shape index (κ2) is 6.91. The summed E-state index contributed by atoms with van der Waals surface area (Å²) >= 11 is 0. The third-order valence-corrected chi connectivity index (χ3v) is 4.30. The van der Waals surface area contributed by atoms with Gasteiger partial charge in [0.25, 0.3) is 0 Å². The van der Waals surface area contributed by atoms with Gasteiger partial charge in [0.05, 0.1) is 6.54 Å². The van der Waals surface area contributed by atoms with Gasteiger partial charge in [-0.25, -0.2) is 0 Å². The molecule has 2 N–H and O–H groups in total. The van der Waals surface area contributed by atoms with Crippen LogP contribution in [0.3, 0.4) is 0 Å². The second-order valence-corrected chi connectivity index (χ2v) is 8.56. The summed E-state index contributed by atoms with van der Waals surface area (Å²) in [6.07, 6.45) is 1.70. The molecule has 0 radical (unpaired) electrons. The normalized spacial score (nSPS) is 12.7. The zero-order valence-corrected chi connectivity index (χ0v) is 16.1. The van der Waals surface area contributed by atoms with Crippen LogP contribution >= 0.6 is 0 Å². The van der Waals surface area contributed by atoms with Gasteiger partial charge in [0.1, 0.15) is 11.5 Å². The van der Waals surface area contributed by atoms with Crippen LogP contribution in [-0.2, 0) is 17.4 Å². The van der Waals surface area contributed by atoms with E-state index in [0.29, 0.717) is 12.1 Å². The highest BCUT2D eigenvalue weighted by atomic mass is 16.3. The molecule has 0 unspecified atom stereocenters. The summed E-state index contributed by atoms with van der Waals surface area (Å²) in [5.41, 5.74) is 3.39. The lowest BCUT2D eigenvalue weighted by Crippen LogP contribution is -2.17. The van der Waals surface area contributed by atoms with E-state index in [-0.39, 0.29) is 22.3 Å². The summed E-state index contributed by atoms with van der Waals surface area (Å²) in [5, 5.41) is 20.6. The molecule has 2 aromatic rings. The largest absolute Gasteiger partial charge is 0.508 e. The van der Waals surface area contributed by atoms with Crippen LogP contribution in [0, 0.1) is 0 Å². The van der Waals surface area contributed by atoms with Gasteiger partial charge in [-0.3, -0.25) is 4.99 Å². The van der Waals surface area contributed by atoms with Gasteiger partial charge >= 0.3 is 0 Å². The molecule has 0 aliphatic carbocycles. The van der Waals surface area contributed by atoms with Gasteiger partial charge in [0.15, 0.2) is 0 Å². The van der Waals surface area contributed by atoms with Crippen LogP contribution < -0.4 is 0 Å². The number of phenolic OH excluding ortho intramolecular Hbond substituents is 2. The topological polar surface area (TPSA) is 52.8 Å². The Morgan fingerprint density at radius 2 is 1.56 bits per heavy atom. The van der Waals surface area contributed by atoms with Gasteiger partial charge in [0.2, 0.25) is 0 Å². The number of aromatic hydroxyl groups is 2. The fourth-order valence-corrected chi connectivity index (χ4v) is 2.65. The van der Waals surface area contributed by atoms with Gasteiger partial charge in [-0.15, -0.1) is 0 Å². The van der Waals surface area contributed by atoms with E-state index in [0.717, 1.165) is 11.1 Å². The molecule has 0 saturated carbocycles. The number of nitrogens with zero attached hydrogens (tertiary/aromatic N) is 1. The SMILES string of the molecule is CC(C)(C)c1cc(C=NCc2ccccc2O)c(O)c(C(C)(C)C)c1. The Hall–Kier alpha value is -2.29. The Bertz CT molecular complexity index is 778. The highest BCUT2D eigenvalue weighted by molar-refractivity contribution is 5.85. The highest BCUT2D eigenvalue weighted by Gasteiger charge is 2.24. The molecule has 3 nitrogen and oxygen atoms in total. The van der Waals surface area contributed by atoms with Crippen LogP contribution in [0.25, 0.3) is 0 Å². The first-order valence-corrected chi connectivity index (χ1v) is 8.65. The average molecular weight is 339 g/mol. The van der Waals surface area contributed by atoms with Crippen molar-refractivity contribution in [1.29, 1.82) is 0 Å². The molecule has 0 bridgehead atoms. The van der Waals surface area contributed by atoms with Gasteiger partial charge in [-0.2, -0.15) is 0 Å². The van der Waals surface area contributed by atoms with E-state index in [4.69, 9.17) is 0 Å². The Morgan fingerprint density at radius 3 is 2.12 bits per heavy atom. The number of aliphatic imine (C=N–C) groups is 1. The van der Waals surface area contributed by atoms with Gasteiger partial charge in [0, 0.05) is 22.9 Å². The summed E-state index contributed by atoms with van der Waals surface area (Å²) in [5.74, 6) is 0.518. The molecule has 0 aliphatic heterocycles. The second-order valence-electron chi connectivity index (χ2n) is 8.56. The molecule has 134 valence electrons. The number of hydrogen-bond acceptors (Lipinski definition) is 3. The molecule has 0 spiro atoms. The number of para-hydroxylation sites is 1. The first-order valence-electron chi connectivity index (χ1n) is 8.65. The van der Waals surface area contributed by atoms with Crippen LogP contribution in [0.2, 0.25) is 0 Å². The van der Waals surface area contributed by atoms with Crippen LogP contribution in [0.4, 0.5) is 0 Å². The molecule has 0 fully saturated rings. The van der Waals surface area contributed by atoms with E-state index < -0.39 is 0 Å². The summed E-state index contributed by atoms with van der Waals surface area (Å²) < 4.78 is 0. The van der Waals surface area contributed by atoms with E-state index in [1.807, 2.05) is 18.2 Å². The lowest BCUT2D eigenvalue weighted by molar-refractivity contribution is 0.444. The lowest BCUT2D eigenvalue weighted by Gasteiger charge is -2.27. The first kappa shape index (κ1) is 19.0. The Kier molecular flexibility index (Phi) is 5.26. The summed E-state index contributed by atoms with van der Waals surface area (Å²) in [6.45, 7) is 13.1. The maximum absolute atomic E-state index is 10.7. The van der Waals surface area contributed by atoms with Crippen molar-refractivity contribution in [1.82, 2.24) is 0 Å². The van der Waals surface area contributed by atoms with Gasteiger partial charge in [-0.1, -0.05) is 65.8 Å². The van der Waals surface area contributed by atoms with Crippen molar-refractivity contribution >= 4 is 6.21 Å². The number of phenols is 2. The van der Waals surface area contributed by atoms with Crippen LogP contribution in [0.15, 0.2) is 41.4 Å². The zero-order chi connectivity index (χ0) is 18.8. The summed E-state index contributed by atoms with van der Waals surface area (Å²) in [7, 11) is 0. The molecule has 0 atom stereocenters. The van der Waals surface area contributed by atoms with Crippen molar-refractivity contribution in [3.63, 3.8) is 0 Å². The van der Waals surface area contributed by atoms with Crippen molar-refractivity contribution in [2.45, 2.75) is 58.9 Å². The van der Waals surface area contributed by atoms with Crippen LogP contribution in [0.1, 0.15) is 63.8 Å². The first-order chi connectivity index (χ1) is 11.5. The molecular formula is C22H29NO2. The summed E-state index contributed by atoms with van der Waals surface area (Å²) in [6, 6.07) is 11.3. The molecule has 3 heteroatoms. The number of benzene rings is 2. The van der Waals surface area contributed by atoms with Crippen molar-refractivity contribution in [3.05, 3.63) is 58.7 Å². The molecule has 0 aromatic heterocycles. The molecule has 0 amide bonds. The quantitative estimate of drug-likeness (QED) is 0.744. The minimum Gasteiger partial charge on any atom is -0.508 e. The highest BCUT2D eigenvalue weighted by Crippen LogP contribution is 2.37. The van der Waals surface area contributed by atoms with Crippen LogP contribution in [0.5, 0.6) is 11.5 Å². The van der Waals surface area contributed by atoms with E-state index in [1.54, 1.807) is 18.3 Å². The fraction of sp³-hybridized carbons (Fsp3) is 0.409. The minimum absolute atomic E-state index is 0.0199. The monoisotopic (exact) mass is 339 g/mol. The Labute approximate surface area is 151 Å². The molecule has 0 heterocycles. The maximum Gasteiger partial charge on any atom is 0.128 e. The predicted octanol–water partition coefficient (Wildman–Crippen LogP) is 5.31. The average Bonchev–Trinajstić information content (AvgIpc) is 2.48. The van der Waals surface area contributed by atoms with E-state index in [9.17, 15) is 10.2 Å². The minimum atomic E-state index is -0.161. The van der Waals surface area contributed by atoms with E-state index >= 15 is 0 Å². The van der Waals surface area contributed by atoms with Gasteiger partial charge in [-0.05, 0) is 28.5 Å². The van der Waals surface area contributed by atoms with Crippen molar-refractivity contribution in [2.75, 3.05) is 0 Å².